The fourth-order valence-electron chi connectivity index (χ4n) is 4.32. The first-order chi connectivity index (χ1) is 12.1. The van der Waals surface area contributed by atoms with Crippen LogP contribution < -0.4 is 5.32 Å². The standard InChI is InChI=1S/C19H27N3O3/c1-3-10-20-18(25)22-15(11-23)17(14-8-6-5-7-9-14)19(22)12-21(13-19)16(24)4-2/h5-9,15,17,23H,3-4,10-13H2,1-2H3,(H,20,25)/t15-,17+/m0/s1. The van der Waals surface area contributed by atoms with E-state index < -0.39 is 5.54 Å². The van der Waals surface area contributed by atoms with Crippen molar-refractivity contribution < 1.29 is 14.7 Å². The number of likely N-dealkylation sites (tertiary alicyclic amines) is 2. The molecule has 25 heavy (non-hydrogen) atoms. The Morgan fingerprint density at radius 3 is 2.48 bits per heavy atom. The van der Waals surface area contributed by atoms with Gasteiger partial charge in [0.25, 0.3) is 0 Å². The Labute approximate surface area is 148 Å². The van der Waals surface area contributed by atoms with Gasteiger partial charge in [0, 0.05) is 32.0 Å². The Morgan fingerprint density at radius 1 is 1.24 bits per heavy atom. The lowest BCUT2D eigenvalue weighted by Crippen LogP contribution is -2.86. The van der Waals surface area contributed by atoms with E-state index in [0.717, 1.165) is 12.0 Å². The van der Waals surface area contributed by atoms with Gasteiger partial charge in [0.05, 0.1) is 18.2 Å². The van der Waals surface area contributed by atoms with Gasteiger partial charge in [-0.25, -0.2) is 4.79 Å². The number of carbonyl (C=O) groups excluding carboxylic acids is 2. The molecule has 1 aromatic rings. The van der Waals surface area contributed by atoms with Gasteiger partial charge < -0.3 is 20.2 Å². The third kappa shape index (κ3) is 2.78. The molecule has 0 aromatic heterocycles. The van der Waals surface area contributed by atoms with Crippen molar-refractivity contribution in [3.8, 4) is 0 Å². The summed E-state index contributed by atoms with van der Waals surface area (Å²) >= 11 is 0. The van der Waals surface area contributed by atoms with Gasteiger partial charge >= 0.3 is 6.03 Å². The number of nitrogens with one attached hydrogen (secondary N) is 1. The molecule has 0 radical (unpaired) electrons. The van der Waals surface area contributed by atoms with E-state index in [0.29, 0.717) is 26.1 Å². The average Bonchev–Trinajstić information content (AvgIpc) is 2.58. The third-order valence-electron chi connectivity index (χ3n) is 5.45. The predicted molar refractivity (Wildman–Crippen MR) is 95.2 cm³/mol. The zero-order valence-corrected chi connectivity index (χ0v) is 14.9. The maximum atomic E-state index is 12.7. The lowest BCUT2D eigenvalue weighted by Gasteiger charge is -2.70. The predicted octanol–water partition coefficient (Wildman–Crippen LogP) is 1.56. The normalized spacial score (nSPS) is 23.8. The van der Waals surface area contributed by atoms with Crippen molar-refractivity contribution in [3.63, 3.8) is 0 Å². The van der Waals surface area contributed by atoms with E-state index in [1.54, 1.807) is 4.90 Å². The summed E-state index contributed by atoms with van der Waals surface area (Å²) in [4.78, 5) is 28.3. The van der Waals surface area contributed by atoms with Crippen LogP contribution in [0.2, 0.25) is 0 Å². The molecule has 3 rings (SSSR count). The first kappa shape index (κ1) is 17.7. The van der Waals surface area contributed by atoms with Crippen molar-refractivity contribution in [1.29, 1.82) is 0 Å². The van der Waals surface area contributed by atoms with E-state index in [9.17, 15) is 14.7 Å². The van der Waals surface area contributed by atoms with Crippen LogP contribution in [0.1, 0.15) is 38.2 Å². The first-order valence-corrected chi connectivity index (χ1v) is 9.09. The fraction of sp³-hybridized carbons (Fsp3) is 0.579. The molecule has 2 fully saturated rings. The first-order valence-electron chi connectivity index (χ1n) is 9.09. The van der Waals surface area contributed by atoms with Crippen LogP contribution in [-0.4, -0.2) is 64.7 Å². The molecular weight excluding hydrogens is 318 g/mol. The second-order valence-electron chi connectivity index (χ2n) is 6.95. The van der Waals surface area contributed by atoms with E-state index in [1.807, 2.05) is 49.1 Å². The highest BCUT2D eigenvalue weighted by atomic mass is 16.3. The van der Waals surface area contributed by atoms with Crippen molar-refractivity contribution >= 4 is 11.9 Å². The van der Waals surface area contributed by atoms with E-state index in [1.165, 1.54) is 0 Å². The van der Waals surface area contributed by atoms with E-state index in [4.69, 9.17) is 0 Å². The van der Waals surface area contributed by atoms with Crippen LogP contribution in [0.25, 0.3) is 0 Å². The minimum atomic E-state index is -0.405. The Kier molecular flexibility index (Phi) is 4.99. The Balaban J connectivity index is 1.87. The lowest BCUT2D eigenvalue weighted by molar-refractivity contribution is -0.176. The molecule has 2 saturated heterocycles. The molecule has 2 N–H and O–H groups in total. The van der Waals surface area contributed by atoms with Gasteiger partial charge in [0.15, 0.2) is 0 Å². The molecule has 2 aliphatic heterocycles. The molecule has 0 saturated carbocycles. The van der Waals surface area contributed by atoms with Crippen LogP contribution in [0.15, 0.2) is 30.3 Å². The van der Waals surface area contributed by atoms with Crippen LogP contribution in [0.3, 0.4) is 0 Å². The minimum Gasteiger partial charge on any atom is -0.394 e. The second-order valence-corrected chi connectivity index (χ2v) is 6.95. The van der Waals surface area contributed by atoms with Crippen LogP contribution in [0.5, 0.6) is 0 Å². The molecule has 2 heterocycles. The summed E-state index contributed by atoms with van der Waals surface area (Å²) in [6.45, 7) is 5.46. The Bertz CT molecular complexity index is 628. The number of aliphatic hydroxyl groups excluding tert-OH is 1. The number of aliphatic hydroxyl groups is 1. The number of urea groups is 1. The van der Waals surface area contributed by atoms with Crippen LogP contribution in [-0.2, 0) is 4.79 Å². The maximum Gasteiger partial charge on any atom is 0.318 e. The summed E-state index contributed by atoms with van der Waals surface area (Å²) in [6, 6.07) is 9.61. The monoisotopic (exact) mass is 345 g/mol. The van der Waals surface area contributed by atoms with Crippen molar-refractivity contribution in [2.45, 2.75) is 44.2 Å². The van der Waals surface area contributed by atoms with Gasteiger partial charge in [-0.1, -0.05) is 44.2 Å². The highest BCUT2D eigenvalue weighted by Gasteiger charge is 2.68. The summed E-state index contributed by atoms with van der Waals surface area (Å²) in [5.74, 6) is 0.158. The number of benzene rings is 1. The highest BCUT2D eigenvalue weighted by molar-refractivity contribution is 5.81. The molecule has 0 bridgehead atoms. The number of amides is 3. The van der Waals surface area contributed by atoms with E-state index in [2.05, 4.69) is 5.32 Å². The van der Waals surface area contributed by atoms with Gasteiger partial charge in [-0.05, 0) is 12.0 Å². The molecule has 6 heteroatoms. The number of hydrogen-bond acceptors (Lipinski definition) is 3. The number of rotatable bonds is 5. The van der Waals surface area contributed by atoms with Gasteiger partial charge in [-0.3, -0.25) is 4.79 Å². The zero-order valence-electron chi connectivity index (χ0n) is 14.9. The average molecular weight is 345 g/mol. The summed E-state index contributed by atoms with van der Waals surface area (Å²) in [5, 5.41) is 12.9. The Morgan fingerprint density at radius 2 is 1.92 bits per heavy atom. The molecule has 2 atom stereocenters. The van der Waals surface area contributed by atoms with Crippen LogP contribution >= 0.6 is 0 Å². The smallest absolute Gasteiger partial charge is 0.318 e. The SMILES string of the molecule is CCCNC(=O)N1[C@@H](CO)[C@@H](c2ccccc2)C12CN(C(=O)CC)C2. The fourth-order valence-corrected chi connectivity index (χ4v) is 4.32. The van der Waals surface area contributed by atoms with Gasteiger partial charge in [-0.15, -0.1) is 0 Å². The largest absolute Gasteiger partial charge is 0.394 e. The summed E-state index contributed by atoms with van der Waals surface area (Å²) in [6.07, 6.45) is 1.33. The van der Waals surface area contributed by atoms with Gasteiger partial charge in [-0.2, -0.15) is 0 Å². The Hall–Kier alpha value is -2.08. The molecule has 1 aromatic carbocycles. The number of nitrogens with zero attached hydrogens (tertiary/aromatic N) is 2. The number of carbonyl (C=O) groups is 2. The summed E-state index contributed by atoms with van der Waals surface area (Å²) in [5.41, 5.74) is 0.710. The molecular formula is C19H27N3O3. The number of hydrogen-bond donors (Lipinski definition) is 2. The van der Waals surface area contributed by atoms with E-state index in [-0.39, 0.29) is 30.5 Å². The summed E-state index contributed by atoms with van der Waals surface area (Å²) in [7, 11) is 0. The van der Waals surface area contributed by atoms with Crippen LogP contribution in [0, 0.1) is 0 Å². The van der Waals surface area contributed by atoms with Crippen LogP contribution in [0.4, 0.5) is 4.79 Å². The topological polar surface area (TPSA) is 72.9 Å². The molecule has 6 nitrogen and oxygen atoms in total. The third-order valence-corrected chi connectivity index (χ3v) is 5.45. The lowest BCUT2D eigenvalue weighted by atomic mass is 9.61. The minimum absolute atomic E-state index is 0.0481. The molecule has 136 valence electrons. The molecule has 1 spiro atoms. The van der Waals surface area contributed by atoms with Gasteiger partial charge in [0.1, 0.15) is 0 Å². The molecule has 3 amide bonds. The summed E-state index contributed by atoms with van der Waals surface area (Å²) < 4.78 is 0. The van der Waals surface area contributed by atoms with Crippen molar-refractivity contribution in [2.24, 2.45) is 0 Å². The molecule has 2 aliphatic rings. The molecule has 0 unspecified atom stereocenters. The molecule has 0 aliphatic carbocycles. The maximum absolute atomic E-state index is 12.7. The quantitative estimate of drug-likeness (QED) is 0.851. The van der Waals surface area contributed by atoms with Crippen molar-refractivity contribution in [2.75, 3.05) is 26.2 Å². The van der Waals surface area contributed by atoms with Gasteiger partial charge in [0.2, 0.25) is 5.91 Å². The van der Waals surface area contributed by atoms with E-state index >= 15 is 0 Å². The zero-order chi connectivity index (χ0) is 18.0. The highest BCUT2D eigenvalue weighted by Crippen LogP contribution is 2.53. The second kappa shape index (κ2) is 7.04. The van der Waals surface area contributed by atoms with Crippen molar-refractivity contribution in [3.05, 3.63) is 35.9 Å². The van der Waals surface area contributed by atoms with Crippen molar-refractivity contribution in [1.82, 2.24) is 15.1 Å².